The van der Waals surface area contributed by atoms with E-state index >= 15 is 0 Å². The second kappa shape index (κ2) is 10.8. The Morgan fingerprint density at radius 1 is 1.10 bits per heavy atom. The second-order valence-electron chi connectivity index (χ2n) is 6.62. The maximum atomic E-state index is 11.8. The number of nitrogens with one attached hydrogen (secondary N) is 2. The summed E-state index contributed by atoms with van der Waals surface area (Å²) in [6.07, 6.45) is 0. The van der Waals surface area contributed by atoms with E-state index in [1.165, 1.54) is 7.05 Å². The molecule has 0 saturated carbocycles. The molecule has 0 bridgehead atoms. The fourth-order valence-corrected chi connectivity index (χ4v) is 3.66. The highest BCUT2D eigenvalue weighted by molar-refractivity contribution is 7.88. The van der Waals surface area contributed by atoms with Gasteiger partial charge in [0.05, 0.1) is 12.4 Å². The number of benzene rings is 2. The predicted octanol–water partition coefficient (Wildman–Crippen LogP) is 2.34. The molecule has 2 rings (SSSR count). The Labute approximate surface area is 173 Å². The van der Waals surface area contributed by atoms with Crippen LogP contribution in [0.5, 0.6) is 5.75 Å². The van der Waals surface area contributed by atoms with E-state index in [1.807, 2.05) is 67.4 Å². The van der Waals surface area contributed by atoms with E-state index in [4.69, 9.17) is 4.74 Å². The van der Waals surface area contributed by atoms with Gasteiger partial charge in [-0.2, -0.15) is 0 Å². The van der Waals surface area contributed by atoms with Crippen LogP contribution in [-0.4, -0.2) is 47.0 Å². The summed E-state index contributed by atoms with van der Waals surface area (Å²) in [7, 11) is 1.85. The molecule has 29 heavy (non-hydrogen) atoms. The third-order valence-corrected chi connectivity index (χ3v) is 5.67. The van der Waals surface area contributed by atoms with Crippen LogP contribution < -0.4 is 14.8 Å². The van der Waals surface area contributed by atoms with E-state index in [9.17, 15) is 8.42 Å². The molecule has 0 spiro atoms. The quantitative estimate of drug-likeness (QED) is 0.482. The van der Waals surface area contributed by atoms with Crippen molar-refractivity contribution in [2.24, 2.45) is 4.99 Å². The maximum Gasteiger partial charge on any atom is 0.215 e. The van der Waals surface area contributed by atoms with Crippen LogP contribution in [0.1, 0.15) is 23.6 Å². The van der Waals surface area contributed by atoms with Gasteiger partial charge < -0.3 is 15.0 Å². The molecule has 0 aliphatic carbocycles. The summed E-state index contributed by atoms with van der Waals surface area (Å²) < 4.78 is 31.3. The Hall–Kier alpha value is -2.58. The van der Waals surface area contributed by atoms with E-state index in [2.05, 4.69) is 15.0 Å². The fraction of sp³-hybridized carbons (Fsp3) is 0.381. The first-order chi connectivity index (χ1) is 13.9. The molecule has 0 unspecified atom stereocenters. The Kier molecular flexibility index (Phi) is 8.48. The molecule has 7 nitrogen and oxygen atoms in total. The summed E-state index contributed by atoms with van der Waals surface area (Å²) in [4.78, 5) is 6.37. The molecule has 2 N–H and O–H groups in total. The zero-order valence-electron chi connectivity index (χ0n) is 17.5. The highest BCUT2D eigenvalue weighted by Crippen LogP contribution is 2.13. The highest BCUT2D eigenvalue weighted by Gasteiger charge is 2.10. The lowest BCUT2D eigenvalue weighted by atomic mass is 10.1. The molecule has 0 atom stereocenters. The van der Waals surface area contributed by atoms with Crippen LogP contribution in [0.15, 0.2) is 53.5 Å². The molecule has 0 aromatic heterocycles. The number of hydrogen-bond donors (Lipinski definition) is 2. The van der Waals surface area contributed by atoms with E-state index < -0.39 is 10.0 Å². The van der Waals surface area contributed by atoms with Crippen LogP contribution in [0.2, 0.25) is 0 Å². The second-order valence-corrected chi connectivity index (χ2v) is 8.54. The van der Waals surface area contributed by atoms with Crippen molar-refractivity contribution in [3.63, 3.8) is 0 Å². The lowest BCUT2D eigenvalue weighted by Gasteiger charge is -2.22. The van der Waals surface area contributed by atoms with E-state index in [-0.39, 0.29) is 5.75 Å². The SMILES string of the molecule is CCOc1ccc(CN(C)C(=NC)NCc2cccc(CS(=O)(=O)NC)c2)cc1. The Morgan fingerprint density at radius 2 is 1.79 bits per heavy atom. The number of hydrogen-bond acceptors (Lipinski definition) is 4. The lowest BCUT2D eigenvalue weighted by Crippen LogP contribution is -2.38. The van der Waals surface area contributed by atoms with Gasteiger partial charge in [-0.3, -0.25) is 4.99 Å². The molecule has 2 aromatic carbocycles. The topological polar surface area (TPSA) is 83.0 Å². The van der Waals surface area contributed by atoms with Crippen molar-refractivity contribution in [2.45, 2.75) is 25.8 Å². The molecule has 8 heteroatoms. The van der Waals surface area contributed by atoms with Crippen LogP contribution in [0.25, 0.3) is 0 Å². The van der Waals surface area contributed by atoms with Gasteiger partial charge in [-0.15, -0.1) is 0 Å². The van der Waals surface area contributed by atoms with Crippen molar-refractivity contribution in [2.75, 3.05) is 27.7 Å². The first-order valence-corrected chi connectivity index (χ1v) is 11.1. The summed E-state index contributed by atoms with van der Waals surface area (Å²) in [5.41, 5.74) is 2.89. The molecule has 2 aromatic rings. The van der Waals surface area contributed by atoms with E-state index in [0.29, 0.717) is 19.7 Å². The largest absolute Gasteiger partial charge is 0.494 e. The van der Waals surface area contributed by atoms with E-state index in [1.54, 1.807) is 7.05 Å². The Bertz CT molecular complexity index is 912. The van der Waals surface area contributed by atoms with Crippen molar-refractivity contribution in [1.29, 1.82) is 0 Å². The first-order valence-electron chi connectivity index (χ1n) is 9.49. The lowest BCUT2D eigenvalue weighted by molar-refractivity contribution is 0.340. The minimum atomic E-state index is -3.29. The van der Waals surface area contributed by atoms with Gasteiger partial charge in [0.2, 0.25) is 10.0 Å². The van der Waals surface area contributed by atoms with Crippen molar-refractivity contribution in [1.82, 2.24) is 14.9 Å². The number of sulfonamides is 1. The van der Waals surface area contributed by atoms with Crippen molar-refractivity contribution < 1.29 is 13.2 Å². The van der Waals surface area contributed by atoms with Crippen molar-refractivity contribution in [3.8, 4) is 5.75 Å². The molecular formula is C21H30N4O3S. The van der Waals surface area contributed by atoms with E-state index in [0.717, 1.165) is 28.4 Å². The number of ether oxygens (including phenoxy) is 1. The number of nitrogens with zero attached hydrogens (tertiary/aromatic N) is 2. The number of aliphatic imine (C=N–C) groups is 1. The molecule has 0 radical (unpaired) electrons. The van der Waals surface area contributed by atoms with Crippen LogP contribution in [0.3, 0.4) is 0 Å². The standard InChI is InChI=1S/C21H30N4O3S/c1-5-28-20-11-9-17(10-12-20)15-25(4)21(22-2)24-14-18-7-6-8-19(13-18)16-29(26,27)23-3/h6-13,23H,5,14-16H2,1-4H3,(H,22,24). The summed E-state index contributed by atoms with van der Waals surface area (Å²) in [6.45, 7) is 3.87. The third kappa shape index (κ3) is 7.40. The molecule has 0 aliphatic rings. The van der Waals surface area contributed by atoms with Gasteiger partial charge in [-0.1, -0.05) is 36.4 Å². The van der Waals surface area contributed by atoms with Gasteiger partial charge in [-0.25, -0.2) is 13.1 Å². The maximum absolute atomic E-state index is 11.8. The minimum Gasteiger partial charge on any atom is -0.494 e. The minimum absolute atomic E-state index is 0.0380. The monoisotopic (exact) mass is 418 g/mol. The highest BCUT2D eigenvalue weighted by atomic mass is 32.2. The molecule has 0 aliphatic heterocycles. The third-order valence-electron chi connectivity index (χ3n) is 4.34. The van der Waals surface area contributed by atoms with Gasteiger partial charge in [0, 0.05) is 27.2 Å². The molecule has 0 saturated heterocycles. The molecule has 158 valence electrons. The fourth-order valence-electron chi connectivity index (χ4n) is 2.89. The number of rotatable bonds is 9. The van der Waals surface area contributed by atoms with Gasteiger partial charge in [0.1, 0.15) is 5.75 Å². The normalized spacial score (nSPS) is 11.9. The zero-order chi connectivity index (χ0) is 21.3. The Morgan fingerprint density at radius 3 is 2.41 bits per heavy atom. The van der Waals surface area contributed by atoms with Gasteiger partial charge in [0.15, 0.2) is 5.96 Å². The average Bonchev–Trinajstić information content (AvgIpc) is 2.70. The average molecular weight is 419 g/mol. The van der Waals surface area contributed by atoms with Crippen molar-refractivity contribution in [3.05, 3.63) is 65.2 Å². The van der Waals surface area contributed by atoms with Crippen LogP contribution in [0, 0.1) is 0 Å². The number of guanidine groups is 1. The molecule has 0 amide bonds. The zero-order valence-corrected chi connectivity index (χ0v) is 18.3. The summed E-state index contributed by atoms with van der Waals surface area (Å²) in [5, 5.41) is 3.33. The van der Waals surface area contributed by atoms with Gasteiger partial charge >= 0.3 is 0 Å². The van der Waals surface area contributed by atoms with Crippen LogP contribution in [0.4, 0.5) is 0 Å². The van der Waals surface area contributed by atoms with Gasteiger partial charge in [-0.05, 0) is 42.8 Å². The molecular weight excluding hydrogens is 388 g/mol. The summed E-state index contributed by atoms with van der Waals surface area (Å²) in [5.74, 6) is 1.58. The van der Waals surface area contributed by atoms with Gasteiger partial charge in [0.25, 0.3) is 0 Å². The smallest absolute Gasteiger partial charge is 0.215 e. The predicted molar refractivity (Wildman–Crippen MR) is 117 cm³/mol. The van der Waals surface area contributed by atoms with Crippen molar-refractivity contribution >= 4 is 16.0 Å². The molecule has 0 fully saturated rings. The molecule has 0 heterocycles. The summed E-state index contributed by atoms with van der Waals surface area (Å²) in [6, 6.07) is 15.5. The van der Waals surface area contributed by atoms with Crippen LogP contribution >= 0.6 is 0 Å². The summed E-state index contributed by atoms with van der Waals surface area (Å²) >= 11 is 0. The first kappa shape index (κ1) is 22.7. The van der Waals surface area contributed by atoms with Crippen LogP contribution in [-0.2, 0) is 28.9 Å². The Balaban J connectivity index is 1.96.